The number of nitrogens with zero attached hydrogens (tertiary/aromatic N) is 4. The van der Waals surface area contributed by atoms with E-state index in [9.17, 15) is 0 Å². The summed E-state index contributed by atoms with van der Waals surface area (Å²) < 4.78 is 1.94. The summed E-state index contributed by atoms with van der Waals surface area (Å²) in [5, 5.41) is 12.6. The number of thioether (sulfide) groups is 1. The van der Waals surface area contributed by atoms with Gasteiger partial charge in [-0.25, -0.2) is 4.68 Å². The van der Waals surface area contributed by atoms with E-state index in [-0.39, 0.29) is 6.04 Å². The minimum atomic E-state index is 0.257. The lowest BCUT2D eigenvalue weighted by Gasteiger charge is -2.04. The molecule has 1 heterocycles. The monoisotopic (exact) mass is 213 g/mol. The van der Waals surface area contributed by atoms with Crippen molar-refractivity contribution in [3.63, 3.8) is 0 Å². The third kappa shape index (κ3) is 2.45. The summed E-state index contributed by atoms with van der Waals surface area (Å²) >= 11 is 1.70. The minimum Gasteiger partial charge on any atom is -0.328 e. The predicted molar refractivity (Wildman–Crippen MR) is 55.1 cm³/mol. The molecule has 5 nitrogen and oxygen atoms in total. The van der Waals surface area contributed by atoms with Gasteiger partial charge in [0.05, 0.1) is 6.04 Å². The van der Waals surface area contributed by atoms with Crippen molar-refractivity contribution in [3.8, 4) is 0 Å². The van der Waals surface area contributed by atoms with Crippen LogP contribution in [0.1, 0.15) is 32.2 Å². The first-order chi connectivity index (χ1) is 6.77. The molecule has 78 valence electrons. The second-order valence-electron chi connectivity index (χ2n) is 3.75. The van der Waals surface area contributed by atoms with Gasteiger partial charge in [-0.2, -0.15) is 0 Å². The summed E-state index contributed by atoms with van der Waals surface area (Å²) in [6.07, 6.45) is 3.43. The molecule has 1 aliphatic rings. The largest absolute Gasteiger partial charge is 0.328 e. The molecule has 0 amide bonds. The Morgan fingerprint density at radius 1 is 1.64 bits per heavy atom. The number of rotatable bonds is 5. The fourth-order valence-corrected chi connectivity index (χ4v) is 2.25. The summed E-state index contributed by atoms with van der Waals surface area (Å²) in [5.74, 6) is 0.991. The maximum absolute atomic E-state index is 5.67. The first-order valence-electron chi connectivity index (χ1n) is 4.93. The predicted octanol–water partition coefficient (Wildman–Crippen LogP) is 0.837. The van der Waals surface area contributed by atoms with Gasteiger partial charge in [0.1, 0.15) is 0 Å². The van der Waals surface area contributed by atoms with Crippen LogP contribution in [0.3, 0.4) is 0 Å². The molecule has 0 spiro atoms. The summed E-state index contributed by atoms with van der Waals surface area (Å²) in [6, 6.07) is 0.815. The van der Waals surface area contributed by atoms with E-state index < -0.39 is 0 Å². The topological polar surface area (TPSA) is 69.6 Å². The van der Waals surface area contributed by atoms with Crippen LogP contribution in [-0.4, -0.2) is 32.0 Å². The van der Waals surface area contributed by atoms with E-state index in [1.807, 2.05) is 11.6 Å². The third-order valence-electron chi connectivity index (χ3n) is 2.16. The Labute approximate surface area is 87.4 Å². The third-order valence-corrected chi connectivity index (χ3v) is 3.13. The van der Waals surface area contributed by atoms with Gasteiger partial charge in [-0.15, -0.1) is 5.10 Å². The molecule has 2 rings (SSSR count). The van der Waals surface area contributed by atoms with Crippen LogP contribution >= 0.6 is 11.8 Å². The molecule has 0 aromatic carbocycles. The number of tetrazole rings is 1. The molecule has 1 fully saturated rings. The van der Waals surface area contributed by atoms with Gasteiger partial charge in [-0.05, 0) is 36.6 Å². The lowest BCUT2D eigenvalue weighted by atomic mass is 10.3. The quantitative estimate of drug-likeness (QED) is 0.734. The molecule has 6 heteroatoms. The molecule has 1 atom stereocenters. The van der Waals surface area contributed by atoms with E-state index in [1.54, 1.807) is 11.8 Å². The number of aromatic nitrogens is 4. The standard InChI is InChI=1S/C8H15N5S/c1-6(9)4-5-14-8-10-11-12-13(8)7-2-3-7/h6-7H,2-5,9H2,1H3. The smallest absolute Gasteiger partial charge is 0.209 e. The molecule has 0 aliphatic heterocycles. The van der Waals surface area contributed by atoms with Crippen molar-refractivity contribution in [1.29, 1.82) is 0 Å². The highest BCUT2D eigenvalue weighted by atomic mass is 32.2. The fraction of sp³-hybridized carbons (Fsp3) is 0.875. The van der Waals surface area contributed by atoms with Gasteiger partial charge in [-0.3, -0.25) is 0 Å². The Balaban J connectivity index is 1.85. The summed E-state index contributed by atoms with van der Waals surface area (Å²) in [4.78, 5) is 0. The lowest BCUT2D eigenvalue weighted by molar-refractivity contribution is 0.565. The Bertz CT molecular complexity index is 294. The average molecular weight is 213 g/mol. The minimum absolute atomic E-state index is 0.257. The summed E-state index contributed by atoms with van der Waals surface area (Å²) in [7, 11) is 0. The molecule has 1 aliphatic carbocycles. The normalized spacial score (nSPS) is 18.4. The van der Waals surface area contributed by atoms with Crippen molar-refractivity contribution in [1.82, 2.24) is 20.2 Å². The van der Waals surface area contributed by atoms with Crippen molar-refractivity contribution >= 4 is 11.8 Å². The van der Waals surface area contributed by atoms with E-state index in [1.165, 1.54) is 12.8 Å². The van der Waals surface area contributed by atoms with Crippen LogP contribution in [0.5, 0.6) is 0 Å². The van der Waals surface area contributed by atoms with Crippen molar-refractivity contribution in [3.05, 3.63) is 0 Å². The second kappa shape index (κ2) is 4.27. The van der Waals surface area contributed by atoms with Gasteiger partial charge < -0.3 is 5.73 Å². The van der Waals surface area contributed by atoms with Gasteiger partial charge in [-0.1, -0.05) is 11.8 Å². The van der Waals surface area contributed by atoms with Crippen LogP contribution in [0.4, 0.5) is 0 Å². The molecule has 0 radical (unpaired) electrons. The maximum Gasteiger partial charge on any atom is 0.209 e. The zero-order chi connectivity index (χ0) is 9.97. The van der Waals surface area contributed by atoms with Crippen molar-refractivity contribution in [2.45, 2.75) is 43.4 Å². The van der Waals surface area contributed by atoms with Crippen LogP contribution in [0.15, 0.2) is 5.16 Å². The molecule has 0 bridgehead atoms. The highest BCUT2D eigenvalue weighted by molar-refractivity contribution is 7.99. The van der Waals surface area contributed by atoms with E-state index in [4.69, 9.17) is 5.73 Å². The molecule has 1 aromatic rings. The van der Waals surface area contributed by atoms with E-state index >= 15 is 0 Å². The number of hydrogen-bond donors (Lipinski definition) is 1. The molecule has 0 saturated heterocycles. The zero-order valence-corrected chi connectivity index (χ0v) is 9.07. The van der Waals surface area contributed by atoms with Crippen LogP contribution in [-0.2, 0) is 0 Å². The van der Waals surface area contributed by atoms with Gasteiger partial charge in [0.15, 0.2) is 0 Å². The maximum atomic E-state index is 5.67. The average Bonchev–Trinajstić information content (AvgIpc) is 2.87. The first-order valence-corrected chi connectivity index (χ1v) is 5.92. The molecule has 1 unspecified atom stereocenters. The van der Waals surface area contributed by atoms with E-state index in [0.717, 1.165) is 17.3 Å². The number of hydrogen-bond acceptors (Lipinski definition) is 5. The Kier molecular flexibility index (Phi) is 3.02. The van der Waals surface area contributed by atoms with Crippen LogP contribution in [0, 0.1) is 0 Å². The summed E-state index contributed by atoms with van der Waals surface area (Å²) in [6.45, 7) is 2.02. The van der Waals surface area contributed by atoms with E-state index in [2.05, 4.69) is 15.5 Å². The molecule has 14 heavy (non-hydrogen) atoms. The van der Waals surface area contributed by atoms with Gasteiger partial charge in [0.2, 0.25) is 5.16 Å². The van der Waals surface area contributed by atoms with Gasteiger partial charge in [0, 0.05) is 11.8 Å². The van der Waals surface area contributed by atoms with Crippen molar-refractivity contribution in [2.24, 2.45) is 5.73 Å². The van der Waals surface area contributed by atoms with Crippen LogP contribution in [0.2, 0.25) is 0 Å². The number of nitrogens with two attached hydrogens (primary N) is 1. The molecule has 1 aromatic heterocycles. The zero-order valence-electron chi connectivity index (χ0n) is 8.26. The van der Waals surface area contributed by atoms with E-state index in [0.29, 0.717) is 6.04 Å². The SMILES string of the molecule is CC(N)CCSc1nnnn1C1CC1. The Hall–Kier alpha value is -0.620. The van der Waals surface area contributed by atoms with Crippen molar-refractivity contribution in [2.75, 3.05) is 5.75 Å². The lowest BCUT2D eigenvalue weighted by Crippen LogP contribution is -2.15. The second-order valence-corrected chi connectivity index (χ2v) is 4.81. The van der Waals surface area contributed by atoms with Crippen molar-refractivity contribution < 1.29 is 0 Å². The highest BCUT2D eigenvalue weighted by Gasteiger charge is 2.27. The van der Waals surface area contributed by atoms with Gasteiger partial charge in [0.25, 0.3) is 0 Å². The fourth-order valence-electron chi connectivity index (χ4n) is 1.16. The molecule has 1 saturated carbocycles. The van der Waals surface area contributed by atoms with Crippen LogP contribution < -0.4 is 5.73 Å². The van der Waals surface area contributed by atoms with Crippen LogP contribution in [0.25, 0.3) is 0 Å². The summed E-state index contributed by atoms with van der Waals surface area (Å²) in [5.41, 5.74) is 5.67. The highest BCUT2D eigenvalue weighted by Crippen LogP contribution is 2.36. The Morgan fingerprint density at radius 3 is 3.07 bits per heavy atom. The first kappa shape index (κ1) is 9.92. The van der Waals surface area contributed by atoms with Gasteiger partial charge >= 0.3 is 0 Å². The molecular formula is C8H15N5S. The molecular weight excluding hydrogens is 198 g/mol. The molecule has 2 N–H and O–H groups in total. The Morgan fingerprint density at radius 2 is 2.43 bits per heavy atom.